The van der Waals surface area contributed by atoms with Crippen LogP contribution in [0.2, 0.25) is 0 Å². The molecule has 1 aliphatic rings. The number of hydrogen-bond acceptors (Lipinski definition) is 5. The molecule has 3 aromatic rings. The van der Waals surface area contributed by atoms with E-state index in [0.29, 0.717) is 30.0 Å². The molecule has 1 amide bonds. The SMILES string of the molecule is Cc1ccc(C)c(N(CC(=O)Nc2ccc(S(=O)(=O)N3CCCC3)cc2)S(=O)(=O)c2ccccc2)c1. The van der Waals surface area contributed by atoms with E-state index in [0.717, 1.165) is 22.7 Å². The van der Waals surface area contributed by atoms with Crippen molar-refractivity contribution in [2.24, 2.45) is 0 Å². The molecule has 0 aromatic heterocycles. The number of carbonyl (C=O) groups is 1. The zero-order valence-electron chi connectivity index (χ0n) is 20.2. The van der Waals surface area contributed by atoms with Gasteiger partial charge in [0.05, 0.1) is 15.5 Å². The fourth-order valence-electron chi connectivity index (χ4n) is 4.13. The zero-order valence-corrected chi connectivity index (χ0v) is 21.8. The molecule has 3 aromatic carbocycles. The van der Waals surface area contributed by atoms with Gasteiger partial charge < -0.3 is 5.32 Å². The van der Waals surface area contributed by atoms with Gasteiger partial charge in [0, 0.05) is 18.8 Å². The summed E-state index contributed by atoms with van der Waals surface area (Å²) >= 11 is 0. The first-order chi connectivity index (χ1) is 17.1. The molecule has 8 nitrogen and oxygen atoms in total. The lowest BCUT2D eigenvalue weighted by Gasteiger charge is -2.26. The maximum Gasteiger partial charge on any atom is 0.264 e. The second kappa shape index (κ2) is 10.4. The predicted octanol–water partition coefficient (Wildman–Crippen LogP) is 3.92. The third-order valence-corrected chi connectivity index (χ3v) is 9.78. The number of benzene rings is 3. The summed E-state index contributed by atoms with van der Waals surface area (Å²) < 4.78 is 55.1. The van der Waals surface area contributed by atoms with Crippen LogP contribution in [0.25, 0.3) is 0 Å². The van der Waals surface area contributed by atoms with E-state index in [1.54, 1.807) is 31.2 Å². The smallest absolute Gasteiger partial charge is 0.264 e. The van der Waals surface area contributed by atoms with Crippen LogP contribution in [0, 0.1) is 13.8 Å². The molecule has 190 valence electrons. The van der Waals surface area contributed by atoms with Crippen molar-refractivity contribution >= 4 is 37.3 Å². The van der Waals surface area contributed by atoms with Crippen LogP contribution in [0.15, 0.2) is 82.6 Å². The van der Waals surface area contributed by atoms with Crippen LogP contribution in [0.3, 0.4) is 0 Å². The van der Waals surface area contributed by atoms with Crippen LogP contribution in [-0.4, -0.2) is 46.7 Å². The second-order valence-corrected chi connectivity index (χ2v) is 12.6. The Morgan fingerprint density at radius 2 is 1.50 bits per heavy atom. The molecule has 0 aliphatic carbocycles. The predicted molar refractivity (Wildman–Crippen MR) is 140 cm³/mol. The summed E-state index contributed by atoms with van der Waals surface area (Å²) in [5, 5.41) is 2.69. The molecule has 1 heterocycles. The number of nitrogens with zero attached hydrogens (tertiary/aromatic N) is 2. The van der Waals surface area contributed by atoms with Crippen LogP contribution in [0.4, 0.5) is 11.4 Å². The van der Waals surface area contributed by atoms with Crippen molar-refractivity contribution < 1.29 is 21.6 Å². The minimum Gasteiger partial charge on any atom is -0.325 e. The van der Waals surface area contributed by atoms with Gasteiger partial charge >= 0.3 is 0 Å². The lowest BCUT2D eigenvalue weighted by Crippen LogP contribution is -2.38. The van der Waals surface area contributed by atoms with Crippen LogP contribution in [0.5, 0.6) is 0 Å². The van der Waals surface area contributed by atoms with Gasteiger partial charge in [-0.05, 0) is 80.3 Å². The molecular formula is C26H29N3O5S2. The van der Waals surface area contributed by atoms with Gasteiger partial charge in [0.2, 0.25) is 15.9 Å². The van der Waals surface area contributed by atoms with Crippen LogP contribution >= 0.6 is 0 Å². The van der Waals surface area contributed by atoms with Crippen molar-refractivity contribution in [1.82, 2.24) is 4.31 Å². The molecular weight excluding hydrogens is 498 g/mol. The average molecular weight is 528 g/mol. The van der Waals surface area contributed by atoms with Crippen LogP contribution in [-0.2, 0) is 24.8 Å². The third-order valence-electron chi connectivity index (χ3n) is 6.09. The highest BCUT2D eigenvalue weighted by Gasteiger charge is 2.29. The van der Waals surface area contributed by atoms with Gasteiger partial charge in [-0.2, -0.15) is 4.31 Å². The van der Waals surface area contributed by atoms with Crippen LogP contribution < -0.4 is 9.62 Å². The van der Waals surface area contributed by atoms with E-state index >= 15 is 0 Å². The highest BCUT2D eigenvalue weighted by Crippen LogP contribution is 2.28. The average Bonchev–Trinajstić information content (AvgIpc) is 3.41. The summed E-state index contributed by atoms with van der Waals surface area (Å²) in [6.07, 6.45) is 1.69. The largest absolute Gasteiger partial charge is 0.325 e. The van der Waals surface area contributed by atoms with Gasteiger partial charge in [0.1, 0.15) is 6.54 Å². The Labute approximate surface area is 212 Å². The summed E-state index contributed by atoms with van der Waals surface area (Å²) in [7, 11) is -7.59. The standard InChI is InChI=1S/C26H29N3O5S2/c1-20-10-11-21(2)25(18-20)29(36(33,34)23-8-4-3-5-9-23)19-26(30)27-22-12-14-24(15-13-22)35(31,32)28-16-6-7-17-28/h3-5,8-15,18H,6-7,16-17,19H2,1-2H3,(H,27,30). The summed E-state index contributed by atoms with van der Waals surface area (Å²) in [6, 6.07) is 19.3. The number of nitrogens with one attached hydrogen (secondary N) is 1. The first kappa shape index (κ1) is 25.9. The van der Waals surface area contributed by atoms with Gasteiger partial charge in [-0.25, -0.2) is 16.8 Å². The van der Waals surface area contributed by atoms with E-state index in [-0.39, 0.29) is 9.79 Å². The molecule has 1 aliphatic heterocycles. The Kier molecular flexibility index (Phi) is 7.49. The Morgan fingerprint density at radius 3 is 2.14 bits per heavy atom. The fourth-order valence-corrected chi connectivity index (χ4v) is 7.14. The molecule has 1 N–H and O–H groups in total. The van der Waals surface area contributed by atoms with Gasteiger partial charge in [-0.1, -0.05) is 30.3 Å². The van der Waals surface area contributed by atoms with Crippen molar-refractivity contribution in [3.05, 3.63) is 83.9 Å². The fraction of sp³-hybridized carbons (Fsp3) is 0.269. The van der Waals surface area contributed by atoms with Crippen molar-refractivity contribution in [2.45, 2.75) is 36.5 Å². The Hall–Kier alpha value is -3.21. The van der Waals surface area contributed by atoms with Gasteiger partial charge in [0.15, 0.2) is 0 Å². The molecule has 0 unspecified atom stereocenters. The van der Waals surface area contributed by atoms with Crippen molar-refractivity contribution in [3.63, 3.8) is 0 Å². The van der Waals surface area contributed by atoms with Crippen LogP contribution in [0.1, 0.15) is 24.0 Å². The second-order valence-electron chi connectivity index (χ2n) is 8.80. The number of aryl methyl sites for hydroxylation is 2. The van der Waals surface area contributed by atoms with Gasteiger partial charge in [0.25, 0.3) is 10.0 Å². The number of amides is 1. The maximum absolute atomic E-state index is 13.5. The highest BCUT2D eigenvalue weighted by atomic mass is 32.2. The summed E-state index contributed by atoms with van der Waals surface area (Å²) in [5.41, 5.74) is 2.36. The van der Waals surface area contributed by atoms with Crippen molar-refractivity contribution in [2.75, 3.05) is 29.3 Å². The highest BCUT2D eigenvalue weighted by molar-refractivity contribution is 7.92. The molecule has 0 radical (unpaired) electrons. The van der Waals surface area contributed by atoms with E-state index in [1.807, 2.05) is 19.1 Å². The number of anilines is 2. The monoisotopic (exact) mass is 527 g/mol. The van der Waals surface area contributed by atoms with E-state index in [4.69, 9.17) is 0 Å². The molecule has 1 saturated heterocycles. The van der Waals surface area contributed by atoms with Gasteiger partial charge in [-0.3, -0.25) is 9.10 Å². The molecule has 1 fully saturated rings. The number of carbonyl (C=O) groups excluding carboxylic acids is 1. The Balaban J connectivity index is 1.58. The quantitative estimate of drug-likeness (QED) is 0.478. The molecule has 4 rings (SSSR count). The first-order valence-corrected chi connectivity index (χ1v) is 14.5. The normalized spacial score (nSPS) is 14.5. The van der Waals surface area contributed by atoms with E-state index in [9.17, 15) is 21.6 Å². The summed E-state index contributed by atoms with van der Waals surface area (Å²) in [6.45, 7) is 4.21. The number of hydrogen-bond donors (Lipinski definition) is 1. The molecule has 10 heteroatoms. The minimum absolute atomic E-state index is 0.0789. The minimum atomic E-state index is -4.03. The van der Waals surface area contributed by atoms with Crippen molar-refractivity contribution in [1.29, 1.82) is 0 Å². The Bertz CT molecular complexity index is 1450. The molecule has 36 heavy (non-hydrogen) atoms. The Morgan fingerprint density at radius 1 is 0.861 bits per heavy atom. The van der Waals surface area contributed by atoms with E-state index in [2.05, 4.69) is 5.32 Å². The third kappa shape index (κ3) is 5.45. The molecule has 0 bridgehead atoms. The van der Waals surface area contributed by atoms with E-state index in [1.165, 1.54) is 40.7 Å². The topological polar surface area (TPSA) is 104 Å². The number of sulfonamides is 2. The summed E-state index contributed by atoms with van der Waals surface area (Å²) in [5.74, 6) is -0.550. The first-order valence-electron chi connectivity index (χ1n) is 11.6. The molecule has 0 spiro atoms. The van der Waals surface area contributed by atoms with Crippen molar-refractivity contribution in [3.8, 4) is 0 Å². The molecule has 0 saturated carbocycles. The summed E-state index contributed by atoms with van der Waals surface area (Å²) in [4.78, 5) is 13.3. The number of rotatable bonds is 8. The van der Waals surface area contributed by atoms with E-state index < -0.39 is 32.5 Å². The maximum atomic E-state index is 13.5. The lowest BCUT2D eigenvalue weighted by atomic mass is 10.1. The molecule has 0 atom stereocenters. The lowest BCUT2D eigenvalue weighted by molar-refractivity contribution is -0.114. The zero-order chi connectivity index (χ0) is 25.9. The van der Waals surface area contributed by atoms with Gasteiger partial charge in [-0.15, -0.1) is 0 Å².